The molecule has 7 nitrogen and oxygen atoms in total. The minimum Gasteiger partial charge on any atom is -0.356 e. The molecule has 1 saturated heterocycles. The van der Waals surface area contributed by atoms with Crippen molar-refractivity contribution in [3.63, 3.8) is 0 Å². The highest BCUT2D eigenvalue weighted by atomic mass is 32.1. The summed E-state index contributed by atoms with van der Waals surface area (Å²) in [7, 11) is 5.29. The van der Waals surface area contributed by atoms with E-state index in [4.69, 9.17) is 0 Å². The Bertz CT molecular complexity index is 867. The zero-order valence-electron chi connectivity index (χ0n) is 17.7. The number of guanidine groups is 1. The van der Waals surface area contributed by atoms with Gasteiger partial charge in [0.25, 0.3) is 0 Å². The molecule has 1 aliphatic heterocycles. The smallest absolute Gasteiger partial charge is 0.243 e. The van der Waals surface area contributed by atoms with Crippen molar-refractivity contribution >= 4 is 29.1 Å². The lowest BCUT2D eigenvalue weighted by molar-refractivity contribution is -0.128. The average molecular weight is 428 g/mol. The van der Waals surface area contributed by atoms with Gasteiger partial charge in [0, 0.05) is 44.9 Å². The normalized spacial score (nSPS) is 19.1. The summed E-state index contributed by atoms with van der Waals surface area (Å²) in [5.74, 6) is 0.768. The van der Waals surface area contributed by atoms with Gasteiger partial charge in [-0.3, -0.25) is 9.59 Å². The van der Waals surface area contributed by atoms with Crippen molar-refractivity contribution in [3.05, 3.63) is 58.3 Å². The summed E-state index contributed by atoms with van der Waals surface area (Å²) in [6.45, 7) is 1.28. The topological polar surface area (TPSA) is 77.0 Å². The third-order valence-electron chi connectivity index (χ3n) is 5.25. The van der Waals surface area contributed by atoms with Crippen molar-refractivity contribution in [2.75, 3.05) is 34.2 Å². The summed E-state index contributed by atoms with van der Waals surface area (Å²) < 4.78 is 0. The molecule has 2 unspecified atom stereocenters. The van der Waals surface area contributed by atoms with Gasteiger partial charge < -0.3 is 20.4 Å². The largest absolute Gasteiger partial charge is 0.356 e. The molecule has 0 aliphatic carbocycles. The monoisotopic (exact) mass is 427 g/mol. The van der Waals surface area contributed by atoms with E-state index in [2.05, 4.69) is 33.8 Å². The van der Waals surface area contributed by atoms with E-state index in [-0.39, 0.29) is 30.3 Å². The lowest BCUT2D eigenvalue weighted by Crippen LogP contribution is -2.41. The van der Waals surface area contributed by atoms with Crippen molar-refractivity contribution in [1.82, 2.24) is 20.4 Å². The SMILES string of the molecule is CN(C)C(=O)CN=C(NCc1cccs1)NCC1CC(=O)N(C)C1c1ccccc1. The Morgan fingerprint density at radius 2 is 1.97 bits per heavy atom. The van der Waals surface area contributed by atoms with Crippen molar-refractivity contribution in [1.29, 1.82) is 0 Å². The van der Waals surface area contributed by atoms with Gasteiger partial charge in [-0.05, 0) is 17.0 Å². The second-order valence-corrected chi connectivity index (χ2v) is 8.62. The third kappa shape index (κ3) is 5.60. The second kappa shape index (κ2) is 10.2. The summed E-state index contributed by atoms with van der Waals surface area (Å²) >= 11 is 1.66. The first-order chi connectivity index (χ1) is 14.5. The van der Waals surface area contributed by atoms with E-state index in [0.29, 0.717) is 25.5 Å². The van der Waals surface area contributed by atoms with E-state index >= 15 is 0 Å². The molecule has 2 N–H and O–H groups in total. The van der Waals surface area contributed by atoms with E-state index in [1.54, 1.807) is 25.4 Å². The van der Waals surface area contributed by atoms with Gasteiger partial charge in [-0.2, -0.15) is 0 Å². The number of hydrogen-bond acceptors (Lipinski definition) is 4. The van der Waals surface area contributed by atoms with Crippen LogP contribution in [0.5, 0.6) is 0 Å². The van der Waals surface area contributed by atoms with E-state index < -0.39 is 0 Å². The molecular weight excluding hydrogens is 398 g/mol. The Kier molecular flexibility index (Phi) is 7.46. The van der Waals surface area contributed by atoms with Crippen LogP contribution >= 0.6 is 11.3 Å². The van der Waals surface area contributed by atoms with Crippen molar-refractivity contribution in [2.45, 2.75) is 19.0 Å². The first-order valence-electron chi connectivity index (χ1n) is 10.0. The van der Waals surface area contributed by atoms with Gasteiger partial charge >= 0.3 is 0 Å². The molecule has 1 fully saturated rings. The Hall–Kier alpha value is -2.87. The highest BCUT2D eigenvalue weighted by Gasteiger charge is 2.38. The van der Waals surface area contributed by atoms with Gasteiger partial charge in [0.05, 0.1) is 12.6 Å². The number of likely N-dealkylation sites (N-methyl/N-ethyl adjacent to an activating group) is 1. The number of hydrogen-bond donors (Lipinski definition) is 2. The number of carbonyl (C=O) groups is 2. The van der Waals surface area contributed by atoms with Gasteiger partial charge in [0.2, 0.25) is 11.8 Å². The number of amides is 2. The van der Waals surface area contributed by atoms with Crippen LogP contribution in [0.25, 0.3) is 0 Å². The van der Waals surface area contributed by atoms with Crippen molar-refractivity contribution in [2.24, 2.45) is 10.9 Å². The predicted molar refractivity (Wildman–Crippen MR) is 120 cm³/mol. The number of thiophene rings is 1. The molecule has 1 aliphatic rings. The Morgan fingerprint density at radius 1 is 1.20 bits per heavy atom. The van der Waals surface area contributed by atoms with Crippen molar-refractivity contribution in [3.8, 4) is 0 Å². The molecule has 0 radical (unpaired) electrons. The van der Waals surface area contributed by atoms with Crippen LogP contribution in [-0.2, 0) is 16.1 Å². The molecule has 1 aromatic heterocycles. The lowest BCUT2D eigenvalue weighted by atomic mass is 9.94. The molecule has 0 bridgehead atoms. The first-order valence-corrected chi connectivity index (χ1v) is 10.9. The number of likely N-dealkylation sites (tertiary alicyclic amines) is 1. The third-order valence-corrected chi connectivity index (χ3v) is 6.12. The van der Waals surface area contributed by atoms with Crippen LogP contribution in [0.4, 0.5) is 0 Å². The molecule has 8 heteroatoms. The summed E-state index contributed by atoms with van der Waals surface area (Å²) in [5.41, 5.74) is 1.13. The standard InChI is InChI=1S/C22H29N5O2S/c1-26(2)20(29)15-25-22(24-14-18-10-7-11-30-18)23-13-17-12-19(28)27(3)21(17)16-8-5-4-6-9-16/h4-11,17,21H,12-15H2,1-3H3,(H2,23,24,25). The van der Waals surface area contributed by atoms with Crippen molar-refractivity contribution < 1.29 is 9.59 Å². The number of aliphatic imine (C=N–C) groups is 1. The molecule has 3 rings (SSSR count). The fraction of sp³-hybridized carbons (Fsp3) is 0.409. The van der Waals surface area contributed by atoms with E-state index in [1.807, 2.05) is 41.6 Å². The second-order valence-electron chi connectivity index (χ2n) is 7.59. The highest BCUT2D eigenvalue weighted by Crippen LogP contribution is 2.36. The van der Waals surface area contributed by atoms with Gasteiger partial charge in [-0.25, -0.2) is 4.99 Å². The fourth-order valence-corrected chi connectivity index (χ4v) is 4.20. The molecule has 2 amide bonds. The van der Waals surface area contributed by atoms with Gasteiger partial charge in [0.15, 0.2) is 5.96 Å². The van der Waals surface area contributed by atoms with E-state index in [1.165, 1.54) is 9.78 Å². The maximum atomic E-state index is 12.4. The predicted octanol–water partition coefficient (Wildman–Crippen LogP) is 2.09. The number of rotatable bonds is 7. The zero-order valence-corrected chi connectivity index (χ0v) is 18.5. The molecule has 2 heterocycles. The molecule has 2 aromatic rings. The summed E-state index contributed by atoms with van der Waals surface area (Å²) in [6.07, 6.45) is 0.484. The van der Waals surface area contributed by atoms with Gasteiger partial charge in [0.1, 0.15) is 6.54 Å². The van der Waals surface area contributed by atoms with Crippen LogP contribution in [0.15, 0.2) is 52.8 Å². The van der Waals surface area contributed by atoms with E-state index in [9.17, 15) is 9.59 Å². The van der Waals surface area contributed by atoms with Crippen LogP contribution in [-0.4, -0.2) is 61.8 Å². The minimum atomic E-state index is -0.0647. The van der Waals surface area contributed by atoms with Crippen LogP contribution < -0.4 is 10.6 Å². The maximum Gasteiger partial charge on any atom is 0.243 e. The molecule has 30 heavy (non-hydrogen) atoms. The van der Waals surface area contributed by atoms with E-state index in [0.717, 1.165) is 5.56 Å². The van der Waals surface area contributed by atoms with Crippen LogP contribution in [0, 0.1) is 5.92 Å². The summed E-state index contributed by atoms with van der Waals surface area (Å²) in [5, 5.41) is 8.68. The molecule has 0 saturated carbocycles. The number of carbonyl (C=O) groups excluding carboxylic acids is 2. The lowest BCUT2D eigenvalue weighted by Gasteiger charge is -2.26. The number of benzene rings is 1. The molecule has 1 aromatic carbocycles. The maximum absolute atomic E-state index is 12.4. The fourth-order valence-electron chi connectivity index (χ4n) is 3.56. The molecule has 2 atom stereocenters. The number of nitrogens with one attached hydrogen (secondary N) is 2. The Balaban J connectivity index is 1.68. The first kappa shape index (κ1) is 21.8. The number of nitrogens with zero attached hydrogens (tertiary/aromatic N) is 3. The average Bonchev–Trinajstić information content (AvgIpc) is 3.36. The van der Waals surface area contributed by atoms with Crippen LogP contribution in [0.1, 0.15) is 22.9 Å². The Morgan fingerprint density at radius 3 is 2.63 bits per heavy atom. The summed E-state index contributed by atoms with van der Waals surface area (Å²) in [6, 6.07) is 14.2. The van der Waals surface area contributed by atoms with Crippen LogP contribution in [0.3, 0.4) is 0 Å². The zero-order chi connectivity index (χ0) is 21.5. The molecule has 0 spiro atoms. The highest BCUT2D eigenvalue weighted by molar-refractivity contribution is 7.09. The van der Waals surface area contributed by atoms with Crippen LogP contribution in [0.2, 0.25) is 0 Å². The van der Waals surface area contributed by atoms with Gasteiger partial charge in [-0.15, -0.1) is 11.3 Å². The minimum absolute atomic E-state index is 0.0214. The Labute approximate surface area is 181 Å². The molecular formula is C22H29N5O2S. The molecule has 160 valence electrons. The van der Waals surface area contributed by atoms with Gasteiger partial charge in [-0.1, -0.05) is 36.4 Å². The quantitative estimate of drug-likeness (QED) is 0.524. The summed E-state index contributed by atoms with van der Waals surface area (Å²) in [4.78, 5) is 33.3.